The lowest BCUT2D eigenvalue weighted by Crippen LogP contribution is -2.14. The van der Waals surface area contributed by atoms with Gasteiger partial charge in [-0.25, -0.2) is 0 Å². The van der Waals surface area contributed by atoms with E-state index in [1.54, 1.807) is 6.07 Å². The summed E-state index contributed by atoms with van der Waals surface area (Å²) in [5.41, 5.74) is 3.11. The van der Waals surface area contributed by atoms with Crippen LogP contribution < -0.4 is 4.74 Å². The topological polar surface area (TPSA) is 26.3 Å². The Balaban J connectivity index is 2.17. The van der Waals surface area contributed by atoms with Gasteiger partial charge in [0.2, 0.25) is 0 Å². The number of rotatable bonds is 5. The molecule has 0 heterocycles. The molecular weight excluding hydrogens is 260 g/mol. The zero-order valence-corrected chi connectivity index (χ0v) is 13.1. The van der Waals surface area contributed by atoms with Crippen LogP contribution >= 0.6 is 0 Å². The molecular formula is C19H22O2. The average molecular weight is 282 g/mol. The molecule has 0 atom stereocenters. The minimum atomic E-state index is 0.181. The highest BCUT2D eigenvalue weighted by molar-refractivity contribution is 5.77. The minimum Gasteiger partial charge on any atom is -0.457 e. The van der Waals surface area contributed by atoms with Crippen molar-refractivity contribution in [2.45, 2.75) is 39.5 Å². The van der Waals surface area contributed by atoms with Crippen LogP contribution in [0.3, 0.4) is 0 Å². The van der Waals surface area contributed by atoms with Crippen LogP contribution in [0, 0.1) is 6.92 Å². The molecule has 0 spiro atoms. The zero-order valence-electron chi connectivity index (χ0n) is 13.1. The Kier molecular flexibility index (Phi) is 4.46. The number of hydrogen-bond donors (Lipinski definition) is 0. The molecule has 0 unspecified atom stereocenters. The average Bonchev–Trinajstić information content (AvgIpc) is 2.48. The molecule has 0 bridgehead atoms. The largest absolute Gasteiger partial charge is 0.457 e. The molecule has 2 aromatic carbocycles. The van der Waals surface area contributed by atoms with Crippen molar-refractivity contribution in [3.63, 3.8) is 0 Å². The summed E-state index contributed by atoms with van der Waals surface area (Å²) < 4.78 is 5.84. The van der Waals surface area contributed by atoms with Gasteiger partial charge in [-0.3, -0.25) is 4.79 Å². The molecule has 0 aliphatic heterocycles. The summed E-state index contributed by atoms with van der Waals surface area (Å²) in [6.45, 7) is 8.58. The third kappa shape index (κ3) is 3.52. The van der Waals surface area contributed by atoms with E-state index in [4.69, 9.17) is 4.74 Å². The van der Waals surface area contributed by atoms with Gasteiger partial charge < -0.3 is 4.74 Å². The molecule has 0 saturated heterocycles. The Labute approximate surface area is 126 Å². The summed E-state index contributed by atoms with van der Waals surface area (Å²) in [5.74, 6) is 1.56. The van der Waals surface area contributed by atoms with Gasteiger partial charge in [-0.2, -0.15) is 0 Å². The van der Waals surface area contributed by atoms with Crippen molar-refractivity contribution >= 4 is 6.29 Å². The predicted octanol–water partition coefficient (Wildman–Crippen LogP) is 5.29. The molecule has 110 valence electrons. The van der Waals surface area contributed by atoms with E-state index in [2.05, 4.69) is 32.9 Å². The Morgan fingerprint density at radius 2 is 1.67 bits per heavy atom. The van der Waals surface area contributed by atoms with E-state index in [-0.39, 0.29) is 5.41 Å². The molecule has 2 nitrogen and oxygen atoms in total. The highest BCUT2D eigenvalue weighted by Gasteiger charge is 2.17. The molecule has 2 rings (SSSR count). The normalized spacial score (nSPS) is 11.2. The summed E-state index contributed by atoms with van der Waals surface area (Å²) in [4.78, 5) is 10.8. The van der Waals surface area contributed by atoms with Gasteiger partial charge in [-0.1, -0.05) is 32.9 Å². The number of aryl methyl sites for hydroxylation is 1. The second-order valence-corrected chi connectivity index (χ2v) is 6.00. The third-order valence-corrected chi connectivity index (χ3v) is 4.12. The Bertz CT molecular complexity index is 625. The van der Waals surface area contributed by atoms with E-state index < -0.39 is 0 Å². The molecule has 2 heteroatoms. The van der Waals surface area contributed by atoms with Crippen LogP contribution in [-0.2, 0) is 5.41 Å². The Hall–Kier alpha value is -2.09. The first kappa shape index (κ1) is 15.3. The van der Waals surface area contributed by atoms with Crippen molar-refractivity contribution in [2.24, 2.45) is 0 Å². The summed E-state index contributed by atoms with van der Waals surface area (Å²) in [5, 5.41) is 0. The van der Waals surface area contributed by atoms with Crippen molar-refractivity contribution in [1.82, 2.24) is 0 Å². The summed E-state index contributed by atoms with van der Waals surface area (Å²) in [6, 6.07) is 13.7. The van der Waals surface area contributed by atoms with Gasteiger partial charge in [-0.15, -0.1) is 0 Å². The van der Waals surface area contributed by atoms with E-state index in [0.29, 0.717) is 5.56 Å². The molecule has 2 aromatic rings. The summed E-state index contributed by atoms with van der Waals surface area (Å²) in [7, 11) is 0. The van der Waals surface area contributed by atoms with Gasteiger partial charge in [0.25, 0.3) is 0 Å². The first-order chi connectivity index (χ1) is 9.96. The lowest BCUT2D eigenvalue weighted by molar-refractivity contribution is 0.112. The first-order valence-corrected chi connectivity index (χ1v) is 7.30. The maximum absolute atomic E-state index is 10.8. The van der Waals surface area contributed by atoms with Crippen molar-refractivity contribution in [2.75, 3.05) is 0 Å². The Morgan fingerprint density at radius 1 is 1.05 bits per heavy atom. The highest BCUT2D eigenvalue weighted by Crippen LogP contribution is 2.29. The van der Waals surface area contributed by atoms with Crippen LogP contribution in [0.5, 0.6) is 11.5 Å². The maximum atomic E-state index is 10.8. The maximum Gasteiger partial charge on any atom is 0.150 e. The lowest BCUT2D eigenvalue weighted by atomic mass is 9.82. The number of aldehydes is 1. The summed E-state index contributed by atoms with van der Waals surface area (Å²) in [6.07, 6.45) is 1.96. The number of carbonyl (C=O) groups excluding carboxylic acids is 1. The van der Waals surface area contributed by atoms with Crippen LogP contribution in [0.25, 0.3) is 0 Å². The van der Waals surface area contributed by atoms with Gasteiger partial charge in [-0.05, 0) is 60.2 Å². The molecule has 0 aliphatic carbocycles. The van der Waals surface area contributed by atoms with E-state index in [9.17, 15) is 4.79 Å². The molecule has 0 fully saturated rings. The Morgan fingerprint density at radius 3 is 2.19 bits per heavy atom. The third-order valence-electron chi connectivity index (χ3n) is 4.12. The molecule has 0 N–H and O–H groups in total. The van der Waals surface area contributed by atoms with Crippen LogP contribution in [-0.4, -0.2) is 6.29 Å². The van der Waals surface area contributed by atoms with Crippen molar-refractivity contribution in [3.05, 3.63) is 59.2 Å². The number of hydrogen-bond acceptors (Lipinski definition) is 2. The van der Waals surface area contributed by atoms with Crippen molar-refractivity contribution in [3.8, 4) is 11.5 Å². The van der Waals surface area contributed by atoms with Crippen molar-refractivity contribution < 1.29 is 9.53 Å². The molecule has 21 heavy (non-hydrogen) atoms. The van der Waals surface area contributed by atoms with Gasteiger partial charge in [0, 0.05) is 5.56 Å². The second-order valence-electron chi connectivity index (χ2n) is 6.00. The fourth-order valence-electron chi connectivity index (χ4n) is 2.16. The molecule has 0 saturated carbocycles. The fraction of sp³-hybridized carbons (Fsp3) is 0.316. The van der Waals surface area contributed by atoms with Crippen LogP contribution in [0.1, 0.15) is 48.7 Å². The number of carbonyl (C=O) groups is 1. The van der Waals surface area contributed by atoms with Crippen LogP contribution in [0.2, 0.25) is 0 Å². The smallest absolute Gasteiger partial charge is 0.150 e. The minimum absolute atomic E-state index is 0.181. The van der Waals surface area contributed by atoms with Gasteiger partial charge in [0.1, 0.15) is 17.8 Å². The number of benzene rings is 2. The van der Waals surface area contributed by atoms with E-state index in [0.717, 1.165) is 29.8 Å². The quantitative estimate of drug-likeness (QED) is 0.697. The molecule has 0 aliphatic rings. The SMILES string of the molecule is CCC(C)(C)c1ccc(Oc2ccc(C=O)c(C)c2)cc1. The molecule has 0 aromatic heterocycles. The highest BCUT2D eigenvalue weighted by atomic mass is 16.5. The van der Waals surface area contributed by atoms with Gasteiger partial charge in [0.15, 0.2) is 0 Å². The van der Waals surface area contributed by atoms with Crippen LogP contribution in [0.15, 0.2) is 42.5 Å². The van der Waals surface area contributed by atoms with Crippen LogP contribution in [0.4, 0.5) is 0 Å². The van der Waals surface area contributed by atoms with E-state index in [1.807, 2.05) is 31.2 Å². The van der Waals surface area contributed by atoms with E-state index >= 15 is 0 Å². The van der Waals surface area contributed by atoms with Gasteiger partial charge >= 0.3 is 0 Å². The standard InChI is InChI=1S/C19H22O2/c1-5-19(3,4)16-7-10-17(11-8-16)21-18-9-6-15(13-20)14(2)12-18/h6-13H,5H2,1-4H3. The summed E-state index contributed by atoms with van der Waals surface area (Å²) >= 11 is 0. The second kappa shape index (κ2) is 6.13. The van der Waals surface area contributed by atoms with E-state index in [1.165, 1.54) is 5.56 Å². The van der Waals surface area contributed by atoms with Crippen molar-refractivity contribution in [1.29, 1.82) is 0 Å². The molecule has 0 amide bonds. The molecule has 0 radical (unpaired) electrons. The first-order valence-electron chi connectivity index (χ1n) is 7.30. The monoisotopic (exact) mass is 282 g/mol. The fourth-order valence-corrected chi connectivity index (χ4v) is 2.16. The predicted molar refractivity (Wildman–Crippen MR) is 86.4 cm³/mol. The van der Waals surface area contributed by atoms with Gasteiger partial charge in [0.05, 0.1) is 0 Å². The zero-order chi connectivity index (χ0) is 15.5. The number of ether oxygens (including phenoxy) is 1. The lowest BCUT2D eigenvalue weighted by Gasteiger charge is -2.23.